The summed E-state index contributed by atoms with van der Waals surface area (Å²) >= 11 is 3.20. The van der Waals surface area contributed by atoms with Crippen molar-refractivity contribution in [2.75, 3.05) is 12.9 Å². The Balaban J connectivity index is 2.46. The predicted molar refractivity (Wildman–Crippen MR) is 116 cm³/mol. The van der Waals surface area contributed by atoms with Crippen LogP contribution in [0.3, 0.4) is 0 Å². The molecule has 0 amide bonds. The van der Waals surface area contributed by atoms with Crippen LogP contribution < -0.4 is 4.74 Å². The first kappa shape index (κ1) is 24.0. The molecule has 0 atom stereocenters. The number of hydrogen-bond acceptors (Lipinski definition) is 5. The first-order valence-corrected chi connectivity index (χ1v) is 12.0. The molecule has 2 aromatic carbocycles. The van der Waals surface area contributed by atoms with Crippen LogP contribution >= 0.6 is 15.9 Å². The maximum atomic E-state index is 13.2. The number of pyridine rings is 1. The molecule has 0 saturated carbocycles. The number of rotatable bonds is 6. The first-order chi connectivity index (χ1) is 14.9. The van der Waals surface area contributed by atoms with E-state index in [0.717, 1.165) is 12.1 Å². The van der Waals surface area contributed by atoms with Gasteiger partial charge in [-0.05, 0) is 18.2 Å². The molecule has 6 nitrogen and oxygen atoms in total. The minimum Gasteiger partial charge on any atom is -0.495 e. The van der Waals surface area contributed by atoms with Crippen LogP contribution in [-0.4, -0.2) is 37.3 Å². The summed E-state index contributed by atoms with van der Waals surface area (Å²) in [5.41, 5.74) is -0.861. The van der Waals surface area contributed by atoms with E-state index in [-0.39, 0.29) is 55.0 Å². The zero-order valence-corrected chi connectivity index (χ0v) is 19.2. The largest absolute Gasteiger partial charge is 0.495 e. The van der Waals surface area contributed by atoms with Crippen molar-refractivity contribution in [1.82, 2.24) is 4.98 Å². The molecule has 3 rings (SSSR count). The molecule has 0 fully saturated rings. The van der Waals surface area contributed by atoms with Gasteiger partial charge < -0.3 is 9.84 Å². The predicted octanol–water partition coefficient (Wildman–Crippen LogP) is 5.32. The number of benzene rings is 2. The van der Waals surface area contributed by atoms with E-state index in [1.807, 2.05) is 0 Å². The molecule has 0 aliphatic heterocycles. The summed E-state index contributed by atoms with van der Waals surface area (Å²) in [6.07, 6.45) is -4.59. The minimum absolute atomic E-state index is 0.0334. The van der Waals surface area contributed by atoms with Gasteiger partial charge in [-0.25, -0.2) is 18.2 Å². The quantitative estimate of drug-likeness (QED) is 0.433. The number of alkyl halides is 4. The third-order valence-corrected chi connectivity index (χ3v) is 7.21. The third-order valence-electron chi connectivity index (χ3n) is 4.90. The van der Waals surface area contributed by atoms with E-state index in [2.05, 4.69) is 20.9 Å². The number of ether oxygens (including phenoxy) is 1. The van der Waals surface area contributed by atoms with Gasteiger partial charge in [0.25, 0.3) is 0 Å². The Hall–Kier alpha value is -2.66. The van der Waals surface area contributed by atoms with Gasteiger partial charge in [-0.3, -0.25) is 0 Å². The Morgan fingerprint density at radius 1 is 1.22 bits per heavy atom. The fourth-order valence-corrected chi connectivity index (χ4v) is 4.93. The lowest BCUT2D eigenvalue weighted by Gasteiger charge is -2.17. The van der Waals surface area contributed by atoms with Crippen LogP contribution in [0.4, 0.5) is 13.2 Å². The molecule has 0 radical (unpaired) electrons. The molecule has 11 heteroatoms. The van der Waals surface area contributed by atoms with Crippen LogP contribution in [0.2, 0.25) is 0 Å². The van der Waals surface area contributed by atoms with Gasteiger partial charge in [-0.1, -0.05) is 35.0 Å². The highest BCUT2D eigenvalue weighted by Gasteiger charge is 2.31. The summed E-state index contributed by atoms with van der Waals surface area (Å²) in [5.74, 6) is -1.65. The zero-order chi connectivity index (χ0) is 23.8. The second kappa shape index (κ2) is 8.70. The van der Waals surface area contributed by atoms with E-state index in [9.17, 15) is 31.5 Å². The van der Waals surface area contributed by atoms with E-state index in [0.29, 0.717) is 0 Å². The number of carbonyl (C=O) groups is 1. The minimum atomic E-state index is -4.59. The number of fused-ring (bicyclic) bond motifs is 1. The van der Waals surface area contributed by atoms with Gasteiger partial charge in [0, 0.05) is 27.9 Å². The smallest absolute Gasteiger partial charge is 0.416 e. The molecule has 1 aromatic heterocycles. The molecule has 3 aromatic rings. The van der Waals surface area contributed by atoms with Crippen molar-refractivity contribution in [3.05, 3.63) is 53.1 Å². The standard InChI is InChI=1S/C21H17BrF3NO5S/c1-3-32(29,30)17-8-13-15(9-16(17)31-2)26-19(14(10-22)18(13)20(27)28)11-5-4-6-12(7-11)21(23,24)25/h4-9H,3,10H2,1-2H3,(H,27,28). The van der Waals surface area contributed by atoms with Gasteiger partial charge in [0.05, 0.1) is 35.2 Å². The van der Waals surface area contributed by atoms with E-state index >= 15 is 0 Å². The van der Waals surface area contributed by atoms with E-state index in [1.165, 1.54) is 38.3 Å². The van der Waals surface area contributed by atoms with Gasteiger partial charge >= 0.3 is 12.1 Å². The molecule has 170 valence electrons. The third kappa shape index (κ3) is 4.31. The monoisotopic (exact) mass is 531 g/mol. The molecule has 0 saturated heterocycles. The van der Waals surface area contributed by atoms with Gasteiger partial charge in [-0.15, -0.1) is 0 Å². The molecule has 1 heterocycles. The molecule has 0 aliphatic carbocycles. The summed E-state index contributed by atoms with van der Waals surface area (Å²) < 4.78 is 69.9. The number of sulfone groups is 1. The van der Waals surface area contributed by atoms with Crippen molar-refractivity contribution in [3.63, 3.8) is 0 Å². The Bertz CT molecular complexity index is 1320. The summed E-state index contributed by atoms with van der Waals surface area (Å²) in [4.78, 5) is 16.4. The maximum absolute atomic E-state index is 13.2. The number of carboxylic acids is 1. The average Bonchev–Trinajstić information content (AvgIpc) is 2.75. The number of hydrogen-bond donors (Lipinski definition) is 1. The van der Waals surface area contributed by atoms with Crippen LogP contribution in [0.1, 0.15) is 28.4 Å². The molecule has 0 aliphatic rings. The molecule has 32 heavy (non-hydrogen) atoms. The Morgan fingerprint density at radius 2 is 1.91 bits per heavy atom. The number of aromatic nitrogens is 1. The topological polar surface area (TPSA) is 93.6 Å². The van der Waals surface area contributed by atoms with Crippen LogP contribution in [-0.2, 0) is 21.3 Å². The molecular weight excluding hydrogens is 515 g/mol. The maximum Gasteiger partial charge on any atom is 0.416 e. The van der Waals surface area contributed by atoms with Crippen LogP contribution in [0.25, 0.3) is 22.2 Å². The molecule has 0 spiro atoms. The molecule has 1 N–H and O–H groups in total. The number of methoxy groups -OCH3 is 1. The van der Waals surface area contributed by atoms with Crippen molar-refractivity contribution in [2.24, 2.45) is 0 Å². The SMILES string of the molecule is CCS(=O)(=O)c1cc2c(C(=O)O)c(CBr)c(-c3cccc(C(F)(F)F)c3)nc2cc1OC. The van der Waals surface area contributed by atoms with E-state index in [4.69, 9.17) is 4.74 Å². The number of nitrogens with zero attached hydrogens (tertiary/aromatic N) is 1. The lowest BCUT2D eigenvalue weighted by Crippen LogP contribution is -2.10. The number of halogens is 4. The lowest BCUT2D eigenvalue weighted by atomic mass is 9.96. The van der Waals surface area contributed by atoms with Crippen molar-refractivity contribution < 1.29 is 36.2 Å². The first-order valence-electron chi connectivity index (χ1n) is 9.18. The van der Waals surface area contributed by atoms with Crippen molar-refractivity contribution in [2.45, 2.75) is 23.3 Å². The van der Waals surface area contributed by atoms with Gasteiger partial charge in [0.1, 0.15) is 10.6 Å². The Morgan fingerprint density at radius 3 is 2.44 bits per heavy atom. The molecular formula is C21H17BrF3NO5S. The Kier molecular flexibility index (Phi) is 6.52. The lowest BCUT2D eigenvalue weighted by molar-refractivity contribution is -0.137. The van der Waals surface area contributed by atoms with Crippen LogP contribution in [0.5, 0.6) is 5.75 Å². The fraction of sp³-hybridized carbons (Fsp3) is 0.238. The van der Waals surface area contributed by atoms with E-state index < -0.39 is 27.5 Å². The fourth-order valence-electron chi connectivity index (χ4n) is 3.32. The normalized spacial score (nSPS) is 12.2. The number of aromatic carboxylic acids is 1. The van der Waals surface area contributed by atoms with Gasteiger partial charge in [-0.2, -0.15) is 13.2 Å². The Labute approximate surface area is 190 Å². The summed E-state index contributed by atoms with van der Waals surface area (Å²) in [7, 11) is -2.50. The highest BCUT2D eigenvalue weighted by Crippen LogP contribution is 2.38. The van der Waals surface area contributed by atoms with Gasteiger partial charge in [0.15, 0.2) is 9.84 Å². The second-order valence-corrected chi connectivity index (χ2v) is 9.56. The summed E-state index contributed by atoms with van der Waals surface area (Å²) in [6, 6.07) is 6.86. The highest BCUT2D eigenvalue weighted by molar-refractivity contribution is 9.08. The second-order valence-electron chi connectivity index (χ2n) is 6.75. The molecule has 0 bridgehead atoms. The summed E-state index contributed by atoms with van der Waals surface area (Å²) in [6.45, 7) is 1.44. The summed E-state index contributed by atoms with van der Waals surface area (Å²) in [5, 5.41) is 9.92. The molecule has 0 unspecified atom stereocenters. The van der Waals surface area contributed by atoms with Crippen LogP contribution in [0, 0.1) is 0 Å². The zero-order valence-electron chi connectivity index (χ0n) is 16.8. The van der Waals surface area contributed by atoms with E-state index in [1.54, 1.807) is 0 Å². The number of carboxylic acid groups (broad SMARTS) is 1. The van der Waals surface area contributed by atoms with Crippen molar-refractivity contribution in [3.8, 4) is 17.0 Å². The average molecular weight is 532 g/mol. The van der Waals surface area contributed by atoms with Crippen molar-refractivity contribution >= 4 is 42.6 Å². The van der Waals surface area contributed by atoms with Crippen LogP contribution in [0.15, 0.2) is 41.3 Å². The van der Waals surface area contributed by atoms with Gasteiger partial charge in [0.2, 0.25) is 0 Å². The van der Waals surface area contributed by atoms with Crippen molar-refractivity contribution in [1.29, 1.82) is 0 Å². The highest BCUT2D eigenvalue weighted by atomic mass is 79.9.